The summed E-state index contributed by atoms with van der Waals surface area (Å²) in [6.07, 6.45) is 1.45. The quantitative estimate of drug-likeness (QED) is 0.130. The zero-order valence-electron chi connectivity index (χ0n) is 23.2. The molecule has 0 unspecified atom stereocenters. The number of aromatic hydroxyl groups is 1. The maximum absolute atomic E-state index is 13.3. The number of halogens is 1. The van der Waals surface area contributed by atoms with Gasteiger partial charge in [0.1, 0.15) is 0 Å². The summed E-state index contributed by atoms with van der Waals surface area (Å²) in [7, 11) is 1.41. The minimum Gasteiger partial charge on any atom is -0.504 e. The Morgan fingerprint density at radius 1 is 1.17 bits per heavy atom. The van der Waals surface area contributed by atoms with Gasteiger partial charge < -0.3 is 29.4 Å². The first-order chi connectivity index (χ1) is 20.2. The predicted octanol–water partition coefficient (Wildman–Crippen LogP) is 3.88. The van der Waals surface area contributed by atoms with Crippen LogP contribution in [0.3, 0.4) is 0 Å². The number of phenolic OH excluding ortho intramolecular Hbond substituents is 1. The van der Waals surface area contributed by atoms with Crippen molar-refractivity contribution in [2.24, 2.45) is 17.8 Å². The van der Waals surface area contributed by atoms with Gasteiger partial charge in [0.15, 0.2) is 11.5 Å². The Labute approximate surface area is 257 Å². The van der Waals surface area contributed by atoms with Crippen molar-refractivity contribution in [3.63, 3.8) is 0 Å². The fourth-order valence-electron chi connectivity index (χ4n) is 6.45. The summed E-state index contributed by atoms with van der Waals surface area (Å²) in [5.41, 5.74) is 4.06. The number of fused-ring (bicyclic) bond motifs is 3. The number of aliphatic hydroxyl groups excluding tert-OH is 1. The van der Waals surface area contributed by atoms with Crippen LogP contribution in [0.5, 0.6) is 11.5 Å². The highest BCUT2D eigenvalue weighted by molar-refractivity contribution is 14.1. The fraction of sp³-hybridized carbons (Fsp3) is 0.367. The summed E-state index contributed by atoms with van der Waals surface area (Å²) in [4.78, 5) is 39.2. The van der Waals surface area contributed by atoms with Crippen molar-refractivity contribution in [2.75, 3.05) is 20.8 Å². The molecule has 12 heteroatoms. The van der Waals surface area contributed by atoms with Crippen LogP contribution in [-0.2, 0) is 19.0 Å². The smallest absolute Gasteiger partial charge is 0.455 e. The number of nitrogens with zero attached hydrogens (tertiary/aromatic N) is 1. The number of methoxy groups -OCH3 is 2. The van der Waals surface area contributed by atoms with Gasteiger partial charge in [-0.1, -0.05) is 36.4 Å². The topological polar surface area (TPSA) is 143 Å². The molecule has 3 aliphatic rings. The average Bonchev–Trinajstić information content (AvgIpc) is 3.25. The minimum absolute atomic E-state index is 0.0666. The Balaban J connectivity index is 1.48. The molecule has 0 bridgehead atoms. The first-order valence-electron chi connectivity index (χ1n) is 13.6. The van der Waals surface area contributed by atoms with Gasteiger partial charge in [0.2, 0.25) is 11.8 Å². The summed E-state index contributed by atoms with van der Waals surface area (Å²) < 4.78 is 16.7. The molecular weight excluding hydrogens is 656 g/mol. The van der Waals surface area contributed by atoms with Crippen LogP contribution in [0.4, 0.5) is 4.79 Å². The maximum Gasteiger partial charge on any atom is 0.455 e. The summed E-state index contributed by atoms with van der Waals surface area (Å²) in [5.74, 6) is -3.11. The van der Waals surface area contributed by atoms with Gasteiger partial charge in [-0.15, -0.1) is 0 Å². The van der Waals surface area contributed by atoms with Crippen LogP contribution >= 0.6 is 22.6 Å². The highest BCUT2D eigenvalue weighted by Gasteiger charge is 2.59. The summed E-state index contributed by atoms with van der Waals surface area (Å²) >= 11 is 2.05. The average molecular weight is 687 g/mol. The SMILES string of the molecule is COC(=O)N1C(=O)[C@@H]2[C@@H](CC(CO)=C3[C@@H](CC/C(=C/c4cc(I)c(O)c(OC)c4)c4ccccc4)OB(O)C[C@@H]32)C1=O. The van der Waals surface area contributed by atoms with Gasteiger partial charge in [-0.05, 0) is 94.1 Å². The van der Waals surface area contributed by atoms with Gasteiger partial charge >= 0.3 is 13.2 Å². The Morgan fingerprint density at radius 2 is 1.90 bits per heavy atom. The van der Waals surface area contributed by atoms with Crippen molar-refractivity contribution < 1.29 is 43.7 Å². The van der Waals surface area contributed by atoms with E-state index in [1.165, 1.54) is 7.11 Å². The van der Waals surface area contributed by atoms with E-state index in [9.17, 15) is 29.6 Å². The Morgan fingerprint density at radius 3 is 2.57 bits per heavy atom. The Kier molecular flexibility index (Phi) is 9.07. The number of likely N-dealkylation sites (tertiary alicyclic amines) is 1. The van der Waals surface area contributed by atoms with Crippen LogP contribution in [0.25, 0.3) is 11.6 Å². The number of carbonyl (C=O) groups excluding carboxylic acids is 3. The lowest BCUT2D eigenvalue weighted by molar-refractivity contribution is -0.137. The highest BCUT2D eigenvalue weighted by atomic mass is 127. The van der Waals surface area contributed by atoms with Crippen LogP contribution in [0.1, 0.15) is 30.4 Å². The Bertz CT molecular complexity index is 1460. The number of hydrogen-bond donors (Lipinski definition) is 3. The van der Waals surface area contributed by atoms with E-state index in [1.807, 2.05) is 65.1 Å². The van der Waals surface area contributed by atoms with E-state index >= 15 is 0 Å². The normalized spacial score (nSPS) is 24.1. The van der Waals surface area contributed by atoms with Crippen molar-refractivity contribution in [3.8, 4) is 11.5 Å². The zero-order chi connectivity index (χ0) is 30.1. The maximum atomic E-state index is 13.3. The van der Waals surface area contributed by atoms with Crippen LogP contribution < -0.4 is 4.74 Å². The van der Waals surface area contributed by atoms with Crippen molar-refractivity contribution in [1.29, 1.82) is 0 Å². The van der Waals surface area contributed by atoms with Crippen LogP contribution in [0.2, 0.25) is 6.32 Å². The third-order valence-electron chi connectivity index (χ3n) is 8.29. The number of aliphatic hydroxyl groups is 1. The first-order valence-corrected chi connectivity index (χ1v) is 14.7. The molecule has 2 aromatic rings. The van der Waals surface area contributed by atoms with E-state index in [4.69, 9.17) is 9.39 Å². The zero-order valence-corrected chi connectivity index (χ0v) is 25.3. The number of allylic oxidation sites excluding steroid dienone is 1. The standard InChI is InChI=1S/C30H31BINO9/c1-40-24-12-16(11-22(32)27(24)35)10-18(17-6-4-3-5-7-17)8-9-23-25-19(15-34)13-20-26(21(25)14-31(39)42-23)29(37)33(28(20)36)30(38)41-2/h3-7,10-12,20-21,23,26,34-35,39H,8-9,13-15H2,1-2H3/b18-10-/t20-,21+,23-,26-/m1/s1. The number of rotatable bonds is 7. The van der Waals surface area contributed by atoms with E-state index in [-0.39, 0.29) is 25.1 Å². The second kappa shape index (κ2) is 12.6. The van der Waals surface area contributed by atoms with Crippen molar-refractivity contribution in [1.82, 2.24) is 4.90 Å². The molecule has 0 radical (unpaired) electrons. The molecule has 2 aromatic carbocycles. The molecule has 4 atom stereocenters. The summed E-state index contributed by atoms with van der Waals surface area (Å²) in [6.45, 7) is -0.335. The molecule has 2 fully saturated rings. The molecule has 3 N–H and O–H groups in total. The first kappa shape index (κ1) is 30.3. The second-order valence-electron chi connectivity index (χ2n) is 10.6. The minimum atomic E-state index is -1.19. The highest BCUT2D eigenvalue weighted by Crippen LogP contribution is 2.50. The Hall–Kier alpha value is -3.20. The number of hydrogen-bond acceptors (Lipinski definition) is 9. The lowest BCUT2D eigenvalue weighted by atomic mass is 9.58. The van der Waals surface area contributed by atoms with E-state index in [1.54, 1.807) is 6.07 Å². The van der Waals surface area contributed by atoms with E-state index in [2.05, 4.69) is 4.74 Å². The lowest BCUT2D eigenvalue weighted by Gasteiger charge is -2.42. The third kappa shape index (κ3) is 5.60. The number of amides is 3. The molecule has 10 nitrogen and oxygen atoms in total. The largest absolute Gasteiger partial charge is 0.504 e. The summed E-state index contributed by atoms with van der Waals surface area (Å²) in [6, 6.07) is 13.4. The summed E-state index contributed by atoms with van der Waals surface area (Å²) in [5, 5.41) is 31.4. The second-order valence-corrected chi connectivity index (χ2v) is 11.7. The van der Waals surface area contributed by atoms with E-state index in [0.717, 1.165) is 23.8 Å². The molecule has 0 aromatic heterocycles. The third-order valence-corrected chi connectivity index (χ3v) is 9.11. The van der Waals surface area contributed by atoms with Gasteiger partial charge in [0.25, 0.3) is 0 Å². The number of benzene rings is 2. The number of phenols is 1. The van der Waals surface area contributed by atoms with Gasteiger partial charge in [-0.3, -0.25) is 9.59 Å². The molecule has 5 rings (SSSR count). The molecular formula is C30H31BINO9. The van der Waals surface area contributed by atoms with Gasteiger partial charge in [-0.25, -0.2) is 4.79 Å². The molecule has 3 amide bonds. The number of carbonyl (C=O) groups is 3. The molecule has 2 aliphatic heterocycles. The molecule has 220 valence electrons. The number of imide groups is 3. The van der Waals surface area contributed by atoms with Crippen LogP contribution in [0, 0.1) is 21.3 Å². The fourth-order valence-corrected chi connectivity index (χ4v) is 7.08. The van der Waals surface area contributed by atoms with Gasteiger partial charge in [0.05, 0.1) is 42.3 Å². The van der Waals surface area contributed by atoms with Crippen LogP contribution in [-0.4, -0.2) is 72.1 Å². The van der Waals surface area contributed by atoms with Crippen molar-refractivity contribution in [2.45, 2.75) is 31.7 Å². The van der Waals surface area contributed by atoms with Crippen LogP contribution in [0.15, 0.2) is 53.6 Å². The molecule has 1 aliphatic carbocycles. The molecule has 2 saturated heterocycles. The number of ether oxygens (including phenoxy) is 2. The predicted molar refractivity (Wildman–Crippen MR) is 162 cm³/mol. The van der Waals surface area contributed by atoms with E-state index in [0.29, 0.717) is 38.2 Å². The monoisotopic (exact) mass is 687 g/mol. The molecule has 0 spiro atoms. The van der Waals surface area contributed by atoms with Crippen molar-refractivity contribution in [3.05, 3.63) is 68.3 Å². The lowest BCUT2D eigenvalue weighted by Crippen LogP contribution is -2.46. The van der Waals surface area contributed by atoms with Crippen molar-refractivity contribution >= 4 is 59.3 Å². The van der Waals surface area contributed by atoms with E-state index < -0.39 is 48.9 Å². The molecule has 2 heterocycles. The molecule has 0 saturated carbocycles. The van der Waals surface area contributed by atoms with Gasteiger partial charge in [0, 0.05) is 0 Å². The molecule has 42 heavy (non-hydrogen) atoms. The van der Waals surface area contributed by atoms with Gasteiger partial charge in [-0.2, -0.15) is 4.90 Å².